The van der Waals surface area contributed by atoms with Gasteiger partial charge in [0.05, 0.1) is 22.4 Å². The van der Waals surface area contributed by atoms with Gasteiger partial charge in [-0.15, -0.1) is 0 Å². The highest BCUT2D eigenvalue weighted by Gasteiger charge is 2.12. The molecule has 2 aromatic heterocycles. The third kappa shape index (κ3) is 2.06. The molecule has 0 amide bonds. The van der Waals surface area contributed by atoms with Crippen LogP contribution in [0.5, 0.6) is 0 Å². The third-order valence-electron chi connectivity index (χ3n) is 3.40. The second-order valence-electron chi connectivity index (χ2n) is 4.80. The summed E-state index contributed by atoms with van der Waals surface area (Å²) in [7, 11) is 0. The average molecular weight is 267 g/mol. The van der Waals surface area contributed by atoms with Crippen molar-refractivity contribution in [3.05, 3.63) is 41.2 Å². The number of imidazole rings is 1. The van der Waals surface area contributed by atoms with Crippen LogP contribution in [0.3, 0.4) is 0 Å². The number of fused-ring (bicyclic) bond motifs is 1. The number of rotatable bonds is 3. The maximum atomic E-state index is 5.77. The number of aromatic amines is 1. The van der Waals surface area contributed by atoms with Crippen molar-refractivity contribution in [1.82, 2.24) is 20.2 Å². The van der Waals surface area contributed by atoms with Crippen LogP contribution in [0.1, 0.15) is 23.9 Å². The van der Waals surface area contributed by atoms with Gasteiger partial charge in [-0.2, -0.15) is 10.2 Å². The fourth-order valence-corrected chi connectivity index (χ4v) is 2.36. The standard InChI is InChI=1S/C15H17N5/c1-3-12-11(7-9(2)19-20-12)15-17-13-6-4-5-10(8-16)14(13)18-15/h4-7H,3,8,16H2,1-2H3,(H,17,18). The summed E-state index contributed by atoms with van der Waals surface area (Å²) in [4.78, 5) is 8.05. The number of aryl methyl sites for hydroxylation is 2. The molecule has 102 valence electrons. The lowest BCUT2D eigenvalue weighted by Gasteiger charge is -2.03. The Balaban J connectivity index is 2.22. The molecule has 5 heteroatoms. The number of nitrogens with zero attached hydrogens (tertiary/aromatic N) is 3. The van der Waals surface area contributed by atoms with Gasteiger partial charge in [0.25, 0.3) is 0 Å². The zero-order valence-corrected chi connectivity index (χ0v) is 11.6. The van der Waals surface area contributed by atoms with Gasteiger partial charge in [-0.05, 0) is 31.0 Å². The minimum Gasteiger partial charge on any atom is -0.338 e. The van der Waals surface area contributed by atoms with Gasteiger partial charge in [0.1, 0.15) is 5.82 Å². The van der Waals surface area contributed by atoms with Gasteiger partial charge in [-0.25, -0.2) is 4.98 Å². The Morgan fingerprint density at radius 3 is 2.85 bits per heavy atom. The van der Waals surface area contributed by atoms with E-state index < -0.39 is 0 Å². The smallest absolute Gasteiger partial charge is 0.140 e. The molecule has 3 aromatic rings. The molecule has 0 aliphatic rings. The summed E-state index contributed by atoms with van der Waals surface area (Å²) in [6.45, 7) is 4.48. The molecule has 3 N–H and O–H groups in total. The van der Waals surface area contributed by atoms with E-state index in [1.807, 2.05) is 31.2 Å². The van der Waals surface area contributed by atoms with Gasteiger partial charge < -0.3 is 10.7 Å². The summed E-state index contributed by atoms with van der Waals surface area (Å²) in [5.74, 6) is 0.829. The highest BCUT2D eigenvalue weighted by Crippen LogP contribution is 2.25. The Bertz CT molecular complexity index is 760. The zero-order valence-electron chi connectivity index (χ0n) is 11.6. The molecule has 0 aliphatic heterocycles. The fourth-order valence-electron chi connectivity index (χ4n) is 2.36. The summed E-state index contributed by atoms with van der Waals surface area (Å²) < 4.78 is 0. The molecule has 0 unspecified atom stereocenters. The van der Waals surface area contributed by atoms with Crippen molar-refractivity contribution >= 4 is 11.0 Å². The summed E-state index contributed by atoms with van der Waals surface area (Å²) in [6, 6.07) is 8.02. The van der Waals surface area contributed by atoms with E-state index in [0.29, 0.717) is 6.54 Å². The normalized spacial score (nSPS) is 11.2. The number of nitrogens with one attached hydrogen (secondary N) is 1. The monoisotopic (exact) mass is 267 g/mol. The topological polar surface area (TPSA) is 80.5 Å². The number of H-pyrrole nitrogens is 1. The van der Waals surface area contributed by atoms with Crippen molar-refractivity contribution in [2.45, 2.75) is 26.8 Å². The lowest BCUT2D eigenvalue weighted by molar-refractivity contribution is 0.893. The molecule has 0 spiro atoms. The second kappa shape index (κ2) is 5.02. The molecule has 0 aliphatic carbocycles. The van der Waals surface area contributed by atoms with Crippen molar-refractivity contribution in [2.24, 2.45) is 5.73 Å². The van der Waals surface area contributed by atoms with E-state index in [0.717, 1.165) is 45.8 Å². The second-order valence-corrected chi connectivity index (χ2v) is 4.80. The highest BCUT2D eigenvalue weighted by molar-refractivity contribution is 5.82. The molecule has 1 aromatic carbocycles. The Morgan fingerprint density at radius 2 is 2.10 bits per heavy atom. The molecule has 0 saturated heterocycles. The van der Waals surface area contributed by atoms with Gasteiger partial charge in [0.2, 0.25) is 0 Å². The van der Waals surface area contributed by atoms with Crippen LogP contribution in [0.2, 0.25) is 0 Å². The number of nitrogens with two attached hydrogens (primary N) is 1. The van der Waals surface area contributed by atoms with Crippen LogP contribution >= 0.6 is 0 Å². The Hall–Kier alpha value is -2.27. The van der Waals surface area contributed by atoms with E-state index in [1.54, 1.807) is 0 Å². The van der Waals surface area contributed by atoms with E-state index in [4.69, 9.17) is 10.7 Å². The predicted molar refractivity (Wildman–Crippen MR) is 79.1 cm³/mol. The third-order valence-corrected chi connectivity index (χ3v) is 3.40. The van der Waals surface area contributed by atoms with Crippen LogP contribution in [0, 0.1) is 6.92 Å². The summed E-state index contributed by atoms with van der Waals surface area (Å²) >= 11 is 0. The van der Waals surface area contributed by atoms with Crippen molar-refractivity contribution in [3.63, 3.8) is 0 Å². The minimum atomic E-state index is 0.482. The summed E-state index contributed by atoms with van der Waals surface area (Å²) in [5, 5.41) is 8.36. The van der Waals surface area contributed by atoms with E-state index in [-0.39, 0.29) is 0 Å². The van der Waals surface area contributed by atoms with Crippen LogP contribution < -0.4 is 5.73 Å². The van der Waals surface area contributed by atoms with Crippen molar-refractivity contribution in [2.75, 3.05) is 0 Å². The minimum absolute atomic E-state index is 0.482. The molecular weight excluding hydrogens is 250 g/mol. The van der Waals surface area contributed by atoms with Gasteiger partial charge >= 0.3 is 0 Å². The van der Waals surface area contributed by atoms with Crippen LogP contribution in [0.4, 0.5) is 0 Å². The highest BCUT2D eigenvalue weighted by atomic mass is 15.1. The number of para-hydroxylation sites is 1. The van der Waals surface area contributed by atoms with Gasteiger partial charge in [-0.1, -0.05) is 19.1 Å². The summed E-state index contributed by atoms with van der Waals surface area (Å²) in [6.07, 6.45) is 0.823. The van der Waals surface area contributed by atoms with Crippen LogP contribution in [0.15, 0.2) is 24.3 Å². The SMILES string of the molecule is CCc1nnc(C)cc1-c1nc2c(CN)cccc2[nH]1. The first-order chi connectivity index (χ1) is 9.72. The molecule has 3 rings (SSSR count). The lowest BCUT2D eigenvalue weighted by Crippen LogP contribution is -1.98. The quantitative estimate of drug-likeness (QED) is 0.763. The number of hydrogen-bond acceptors (Lipinski definition) is 4. The fraction of sp³-hybridized carbons (Fsp3) is 0.267. The van der Waals surface area contributed by atoms with Gasteiger partial charge in [-0.3, -0.25) is 0 Å². The van der Waals surface area contributed by atoms with E-state index in [2.05, 4.69) is 22.1 Å². The zero-order chi connectivity index (χ0) is 14.1. The maximum Gasteiger partial charge on any atom is 0.140 e. The first-order valence-corrected chi connectivity index (χ1v) is 6.74. The number of aromatic nitrogens is 4. The molecule has 20 heavy (non-hydrogen) atoms. The molecule has 0 atom stereocenters. The molecule has 5 nitrogen and oxygen atoms in total. The van der Waals surface area contributed by atoms with E-state index in [9.17, 15) is 0 Å². The maximum absolute atomic E-state index is 5.77. The predicted octanol–water partition coefficient (Wildman–Crippen LogP) is 2.35. The molecule has 0 bridgehead atoms. The van der Waals surface area contributed by atoms with E-state index in [1.165, 1.54) is 0 Å². The van der Waals surface area contributed by atoms with Crippen LogP contribution in [-0.2, 0) is 13.0 Å². The van der Waals surface area contributed by atoms with Gasteiger partial charge in [0, 0.05) is 12.1 Å². The van der Waals surface area contributed by atoms with Crippen molar-refractivity contribution in [1.29, 1.82) is 0 Å². The largest absolute Gasteiger partial charge is 0.338 e. The Kier molecular flexibility index (Phi) is 3.20. The van der Waals surface area contributed by atoms with Crippen molar-refractivity contribution in [3.8, 4) is 11.4 Å². The lowest BCUT2D eigenvalue weighted by atomic mass is 10.1. The van der Waals surface area contributed by atoms with Crippen molar-refractivity contribution < 1.29 is 0 Å². The van der Waals surface area contributed by atoms with Crippen LogP contribution in [-0.4, -0.2) is 20.2 Å². The molecule has 0 saturated carbocycles. The molecule has 2 heterocycles. The number of hydrogen-bond donors (Lipinski definition) is 2. The Morgan fingerprint density at radius 1 is 1.25 bits per heavy atom. The first-order valence-electron chi connectivity index (χ1n) is 6.74. The number of benzene rings is 1. The van der Waals surface area contributed by atoms with Crippen LogP contribution in [0.25, 0.3) is 22.4 Å². The molecule has 0 fully saturated rings. The van der Waals surface area contributed by atoms with E-state index >= 15 is 0 Å². The Labute approximate surface area is 117 Å². The summed E-state index contributed by atoms with van der Waals surface area (Å²) in [5.41, 5.74) is 11.6. The molecule has 0 radical (unpaired) electrons. The van der Waals surface area contributed by atoms with Gasteiger partial charge in [0.15, 0.2) is 0 Å². The first kappa shape index (κ1) is 12.7. The molecular formula is C15H17N5. The average Bonchev–Trinajstić information content (AvgIpc) is 2.90.